The van der Waals surface area contributed by atoms with Crippen LogP contribution in [-0.4, -0.2) is 18.0 Å². The lowest BCUT2D eigenvalue weighted by Crippen LogP contribution is -1.74. The highest BCUT2D eigenvalue weighted by Gasteiger charge is 1.62. The van der Waals surface area contributed by atoms with Crippen molar-refractivity contribution in [3.05, 3.63) is 0 Å². The number of hydrogen-bond acceptors (Lipinski definition) is 2. The van der Waals surface area contributed by atoms with E-state index in [1.807, 2.05) is 0 Å². The molecule has 0 aliphatic carbocycles. The molecule has 0 rings (SSSR count). The van der Waals surface area contributed by atoms with Crippen LogP contribution in [0.4, 0.5) is 0 Å². The third-order valence-electron chi connectivity index (χ3n) is 0. The molecule has 0 heterocycles. The van der Waals surface area contributed by atoms with Crippen LogP contribution in [0.2, 0.25) is 0 Å². The molecule has 0 aromatic carbocycles. The Balaban J connectivity index is 0. The van der Waals surface area contributed by atoms with E-state index in [9.17, 15) is 0 Å². The molecule has 0 aliphatic rings. The quantitative estimate of drug-likeness (QED) is 0.402. The summed E-state index contributed by atoms with van der Waals surface area (Å²) in [7, 11) is 0. The van der Waals surface area contributed by atoms with E-state index in [0.717, 1.165) is 0 Å². The van der Waals surface area contributed by atoms with Crippen molar-refractivity contribution in [2.45, 2.75) is 0 Å². The van der Waals surface area contributed by atoms with E-state index < -0.39 is 11.4 Å². The van der Waals surface area contributed by atoms with Crippen LogP contribution in [0.1, 0.15) is 0 Å². The van der Waals surface area contributed by atoms with Gasteiger partial charge in [0.15, 0.2) is 0 Å². The third-order valence-corrected chi connectivity index (χ3v) is 0. The van der Waals surface area contributed by atoms with Crippen molar-refractivity contribution in [2.75, 3.05) is 0 Å². The molecule has 6 heteroatoms. The van der Waals surface area contributed by atoms with Crippen LogP contribution in [0.3, 0.4) is 0 Å². The summed E-state index contributed by atoms with van der Waals surface area (Å²) in [5.41, 5.74) is 0. The lowest BCUT2D eigenvalue weighted by atomic mass is 15.8. The fourth-order valence-corrected chi connectivity index (χ4v) is 0. The molecule has 0 fully saturated rings. The maximum atomic E-state index is 8.67. The summed E-state index contributed by atoms with van der Waals surface area (Å²) in [6, 6.07) is 0. The van der Waals surface area contributed by atoms with Gasteiger partial charge in [-0.15, -0.1) is 0 Å². The molecule has 0 saturated carbocycles. The second kappa shape index (κ2) is 9.01. The van der Waals surface area contributed by atoms with E-state index in [1.54, 1.807) is 0 Å². The molecule has 0 radical (unpaired) electrons. The van der Waals surface area contributed by atoms with Gasteiger partial charge < -0.3 is 0 Å². The Morgan fingerprint density at radius 2 is 1.33 bits per heavy atom. The van der Waals surface area contributed by atoms with Crippen LogP contribution < -0.4 is 0 Å². The summed E-state index contributed by atoms with van der Waals surface area (Å²) >= 11 is 1.03. The van der Waals surface area contributed by atoms with Gasteiger partial charge >= 0.3 is 0 Å². The van der Waals surface area contributed by atoms with Gasteiger partial charge in [-0.3, -0.25) is 13.8 Å². The van der Waals surface area contributed by atoms with E-state index >= 15 is 0 Å². The van der Waals surface area contributed by atoms with Crippen LogP contribution in [0.15, 0.2) is 0 Å². The van der Waals surface area contributed by atoms with Crippen LogP contribution in [0.25, 0.3) is 0 Å². The zero-order chi connectivity index (χ0) is 5.58. The molecule has 0 bridgehead atoms. The SMILES string of the molecule is O=S(O)O.OCl. The minimum atomic E-state index is -2.61. The minimum Gasteiger partial charge on any atom is -0.295 e. The standard InChI is InChI=1S/ClHO.H2O3S/c1-2;1-4(2)3/h2H;(H2,1,2,3). The second-order valence-corrected chi connectivity index (χ2v) is 0.692. The highest BCUT2D eigenvalue weighted by Crippen LogP contribution is 1.44. The van der Waals surface area contributed by atoms with Crippen molar-refractivity contribution in [3.63, 3.8) is 0 Å². The van der Waals surface area contributed by atoms with Gasteiger partial charge in [0, 0.05) is 0 Å². The molecular formula is H3ClO4S. The Kier molecular flexibility index (Phi) is 14.4. The van der Waals surface area contributed by atoms with E-state index in [1.165, 1.54) is 0 Å². The van der Waals surface area contributed by atoms with Gasteiger partial charge in [-0.25, -0.2) is 0 Å². The topological polar surface area (TPSA) is 77.8 Å². The molecule has 4 nitrogen and oxygen atoms in total. The smallest absolute Gasteiger partial charge is 0.295 e. The van der Waals surface area contributed by atoms with Crippen LogP contribution in [-0.2, 0) is 11.4 Å². The first-order valence-electron chi connectivity index (χ1n) is 0.701. The number of rotatable bonds is 0. The largest absolute Gasteiger partial charge is 0.299 e. The third kappa shape index (κ3) is 465. The van der Waals surface area contributed by atoms with Gasteiger partial charge in [0.1, 0.15) is 0 Å². The molecule has 0 saturated heterocycles. The van der Waals surface area contributed by atoms with Gasteiger partial charge in [-0.05, 0) is 0 Å². The van der Waals surface area contributed by atoms with Gasteiger partial charge in [-0.2, -0.15) is 4.21 Å². The van der Waals surface area contributed by atoms with Crippen molar-refractivity contribution in [3.8, 4) is 0 Å². The second-order valence-electron chi connectivity index (χ2n) is 0.231. The maximum Gasteiger partial charge on any atom is 0.299 e. The Bertz CT molecular complexity index is 30.5. The molecule has 0 atom stereocenters. The summed E-state index contributed by atoms with van der Waals surface area (Å²) in [5, 5.41) is 0. The van der Waals surface area contributed by atoms with Crippen molar-refractivity contribution in [1.29, 1.82) is 0 Å². The normalized spacial score (nSPS) is 6.83. The van der Waals surface area contributed by atoms with Crippen LogP contribution in [0, 0.1) is 0 Å². The Hall–Kier alpha value is 0.320. The van der Waals surface area contributed by atoms with Gasteiger partial charge in [0.2, 0.25) is 0 Å². The van der Waals surface area contributed by atoms with Crippen LogP contribution >= 0.6 is 11.9 Å². The molecule has 6 heavy (non-hydrogen) atoms. The first-order chi connectivity index (χ1) is 2.73. The average molecular weight is 135 g/mol. The van der Waals surface area contributed by atoms with Crippen molar-refractivity contribution in [2.24, 2.45) is 0 Å². The predicted molar refractivity (Wildman–Crippen MR) is 21.5 cm³/mol. The summed E-state index contributed by atoms with van der Waals surface area (Å²) in [4.78, 5) is 0. The van der Waals surface area contributed by atoms with Gasteiger partial charge in [0.05, 0.1) is 11.9 Å². The molecular weight excluding hydrogens is 132 g/mol. The molecule has 0 aromatic heterocycles. The summed E-state index contributed by atoms with van der Waals surface area (Å²) < 4.78 is 29.3. The fourth-order valence-electron chi connectivity index (χ4n) is 0. The zero-order valence-corrected chi connectivity index (χ0v) is 4.11. The van der Waals surface area contributed by atoms with E-state index in [4.69, 9.17) is 18.0 Å². The molecule has 0 unspecified atom stereocenters. The first-order valence-corrected chi connectivity index (χ1v) is 2.10. The Morgan fingerprint density at radius 3 is 1.33 bits per heavy atom. The monoisotopic (exact) mass is 134 g/mol. The molecule has 0 amide bonds. The average Bonchev–Trinajstić information content (AvgIpc) is 1.41. The molecule has 0 aromatic rings. The molecule has 0 spiro atoms. The first kappa shape index (κ1) is 9.58. The van der Waals surface area contributed by atoms with Crippen molar-refractivity contribution >= 4 is 23.2 Å². The van der Waals surface area contributed by atoms with E-state index in [0.29, 0.717) is 0 Å². The zero-order valence-electron chi connectivity index (χ0n) is 2.54. The maximum absolute atomic E-state index is 8.67. The van der Waals surface area contributed by atoms with Gasteiger partial charge in [-0.1, -0.05) is 0 Å². The lowest BCUT2D eigenvalue weighted by molar-refractivity contribution is 0.454. The Labute approximate surface area is 42.0 Å². The number of hydrogen-bond donors (Lipinski definition) is 3. The highest BCUT2D eigenvalue weighted by molar-refractivity contribution is 7.73. The van der Waals surface area contributed by atoms with Crippen LogP contribution in [0.5, 0.6) is 0 Å². The van der Waals surface area contributed by atoms with Gasteiger partial charge in [0.25, 0.3) is 11.4 Å². The Morgan fingerprint density at radius 1 is 1.33 bits per heavy atom. The lowest BCUT2D eigenvalue weighted by Gasteiger charge is -1.59. The minimum absolute atomic E-state index is 2.61. The van der Waals surface area contributed by atoms with Crippen molar-refractivity contribution < 1.29 is 18.0 Å². The summed E-state index contributed by atoms with van der Waals surface area (Å²) in [6.07, 6.45) is 0. The summed E-state index contributed by atoms with van der Waals surface area (Å²) in [6.45, 7) is 0. The highest BCUT2D eigenvalue weighted by atomic mass is 35.5. The van der Waals surface area contributed by atoms with E-state index in [2.05, 4.69) is 11.9 Å². The number of halogens is 1. The molecule has 0 aliphatic heterocycles. The molecule has 40 valence electrons. The van der Waals surface area contributed by atoms with E-state index in [-0.39, 0.29) is 0 Å². The molecule has 3 N–H and O–H groups in total. The fraction of sp³-hybridized carbons (Fsp3) is 0. The predicted octanol–water partition coefficient (Wildman–Crippen LogP) is -0.186. The van der Waals surface area contributed by atoms with Crippen molar-refractivity contribution in [1.82, 2.24) is 0 Å². The summed E-state index contributed by atoms with van der Waals surface area (Å²) in [5.74, 6) is 0.